The molecule has 6 heteroatoms. The molecule has 0 unspecified atom stereocenters. The van der Waals surface area contributed by atoms with Crippen molar-refractivity contribution in [1.82, 2.24) is 25.1 Å². The molecule has 1 heterocycles. The summed E-state index contributed by atoms with van der Waals surface area (Å²) in [5, 5.41) is 12.2. The van der Waals surface area contributed by atoms with Crippen molar-refractivity contribution in [1.29, 1.82) is 0 Å². The molecule has 2 aromatic carbocycles. The van der Waals surface area contributed by atoms with Gasteiger partial charge in [0.15, 0.2) is 0 Å². The van der Waals surface area contributed by atoms with E-state index in [-0.39, 0.29) is 12.5 Å². The number of carbonyl (C=O) groups excluding carboxylic acids is 1. The van der Waals surface area contributed by atoms with E-state index in [4.69, 9.17) is 0 Å². The summed E-state index contributed by atoms with van der Waals surface area (Å²) in [4.78, 5) is 15.2. The number of amides is 1. The monoisotopic (exact) mass is 307 g/mol. The number of benzene rings is 2. The number of rotatable bonds is 5. The highest BCUT2D eigenvalue weighted by Crippen LogP contribution is 2.11. The van der Waals surface area contributed by atoms with Gasteiger partial charge in [-0.15, -0.1) is 10.2 Å². The number of aromatic nitrogens is 4. The van der Waals surface area contributed by atoms with E-state index < -0.39 is 0 Å². The first-order chi connectivity index (χ1) is 11.2. The molecule has 0 atom stereocenters. The minimum absolute atomic E-state index is 0.0640. The van der Waals surface area contributed by atoms with E-state index in [0.29, 0.717) is 12.4 Å². The maximum Gasteiger partial charge on any atom is 0.246 e. The van der Waals surface area contributed by atoms with Gasteiger partial charge in [-0.1, -0.05) is 60.7 Å². The predicted octanol–water partition coefficient (Wildman–Crippen LogP) is 2.00. The lowest BCUT2D eigenvalue weighted by molar-refractivity contribution is -0.131. The summed E-state index contributed by atoms with van der Waals surface area (Å²) in [6.45, 7) is 0.628. The van der Waals surface area contributed by atoms with Gasteiger partial charge in [-0.25, -0.2) is 0 Å². The van der Waals surface area contributed by atoms with Gasteiger partial charge in [0.25, 0.3) is 0 Å². The lowest BCUT2D eigenvalue weighted by atomic mass is 10.2. The van der Waals surface area contributed by atoms with Gasteiger partial charge in [0.05, 0.1) is 0 Å². The Morgan fingerprint density at radius 3 is 2.39 bits per heavy atom. The second kappa shape index (κ2) is 6.83. The van der Waals surface area contributed by atoms with Gasteiger partial charge >= 0.3 is 0 Å². The largest absolute Gasteiger partial charge is 0.340 e. The van der Waals surface area contributed by atoms with Crippen LogP contribution in [0.15, 0.2) is 60.7 Å². The minimum Gasteiger partial charge on any atom is -0.340 e. The third kappa shape index (κ3) is 3.79. The topological polar surface area (TPSA) is 63.9 Å². The van der Waals surface area contributed by atoms with Crippen LogP contribution in [0.1, 0.15) is 5.56 Å². The highest BCUT2D eigenvalue weighted by Gasteiger charge is 2.13. The second-order valence-electron chi connectivity index (χ2n) is 5.24. The van der Waals surface area contributed by atoms with Crippen molar-refractivity contribution in [2.45, 2.75) is 13.1 Å². The van der Waals surface area contributed by atoms with Gasteiger partial charge in [0.2, 0.25) is 11.7 Å². The first-order valence-corrected chi connectivity index (χ1v) is 7.33. The Balaban J connectivity index is 1.63. The van der Waals surface area contributed by atoms with E-state index in [1.165, 1.54) is 4.80 Å². The fourth-order valence-corrected chi connectivity index (χ4v) is 2.20. The molecule has 0 radical (unpaired) electrons. The van der Waals surface area contributed by atoms with Crippen molar-refractivity contribution in [2.24, 2.45) is 0 Å². The first-order valence-electron chi connectivity index (χ1n) is 7.33. The summed E-state index contributed by atoms with van der Waals surface area (Å²) < 4.78 is 0. The number of tetrazole rings is 1. The Morgan fingerprint density at radius 1 is 1.04 bits per heavy atom. The lowest BCUT2D eigenvalue weighted by Crippen LogP contribution is -2.30. The second-order valence-corrected chi connectivity index (χ2v) is 5.24. The van der Waals surface area contributed by atoms with Crippen LogP contribution in [0.5, 0.6) is 0 Å². The summed E-state index contributed by atoms with van der Waals surface area (Å²) in [5.74, 6) is 0.454. The van der Waals surface area contributed by atoms with Crippen LogP contribution in [0.25, 0.3) is 11.4 Å². The average Bonchev–Trinajstić information content (AvgIpc) is 3.05. The summed E-state index contributed by atoms with van der Waals surface area (Å²) in [5.41, 5.74) is 1.96. The van der Waals surface area contributed by atoms with Crippen molar-refractivity contribution in [3.05, 3.63) is 66.2 Å². The predicted molar refractivity (Wildman–Crippen MR) is 86.2 cm³/mol. The van der Waals surface area contributed by atoms with Crippen LogP contribution in [-0.2, 0) is 17.9 Å². The van der Waals surface area contributed by atoms with Crippen molar-refractivity contribution < 1.29 is 4.79 Å². The third-order valence-electron chi connectivity index (χ3n) is 3.45. The van der Waals surface area contributed by atoms with Gasteiger partial charge in [0, 0.05) is 19.2 Å². The van der Waals surface area contributed by atoms with Gasteiger partial charge in [0.1, 0.15) is 6.54 Å². The van der Waals surface area contributed by atoms with Crippen LogP contribution in [-0.4, -0.2) is 38.1 Å². The zero-order valence-corrected chi connectivity index (χ0v) is 12.8. The molecular formula is C17H17N5O. The molecule has 1 amide bonds. The summed E-state index contributed by atoms with van der Waals surface area (Å²) in [7, 11) is 1.77. The third-order valence-corrected chi connectivity index (χ3v) is 3.45. The molecule has 116 valence electrons. The van der Waals surface area contributed by atoms with Crippen LogP contribution in [0.3, 0.4) is 0 Å². The molecule has 0 saturated carbocycles. The van der Waals surface area contributed by atoms with Gasteiger partial charge in [-0.05, 0) is 10.8 Å². The quantitative estimate of drug-likeness (QED) is 0.723. The fraction of sp³-hybridized carbons (Fsp3) is 0.176. The van der Waals surface area contributed by atoms with Crippen molar-refractivity contribution >= 4 is 5.91 Å². The molecule has 0 spiro atoms. The van der Waals surface area contributed by atoms with Crippen molar-refractivity contribution in [3.63, 3.8) is 0 Å². The molecule has 0 aliphatic rings. The van der Waals surface area contributed by atoms with Crippen LogP contribution in [0.2, 0.25) is 0 Å². The SMILES string of the molecule is CN(Cc1ccccc1)C(=O)Cn1nnc(-c2ccccc2)n1. The van der Waals surface area contributed by atoms with Gasteiger partial charge < -0.3 is 4.90 Å². The van der Waals surface area contributed by atoms with E-state index in [0.717, 1.165) is 11.1 Å². The van der Waals surface area contributed by atoms with Gasteiger partial charge in [-0.3, -0.25) is 4.79 Å². The molecule has 1 aromatic heterocycles. The number of hydrogen-bond acceptors (Lipinski definition) is 4. The Hall–Kier alpha value is -3.02. The molecule has 0 bridgehead atoms. The summed E-state index contributed by atoms with van der Waals surface area (Å²) >= 11 is 0. The summed E-state index contributed by atoms with van der Waals surface area (Å²) in [6, 6.07) is 19.4. The van der Waals surface area contributed by atoms with E-state index >= 15 is 0 Å². The van der Waals surface area contributed by atoms with Crippen LogP contribution < -0.4 is 0 Å². The van der Waals surface area contributed by atoms with Crippen LogP contribution in [0.4, 0.5) is 0 Å². The Kier molecular flexibility index (Phi) is 4.42. The smallest absolute Gasteiger partial charge is 0.246 e. The molecule has 0 saturated heterocycles. The molecule has 0 aliphatic carbocycles. The molecule has 0 aliphatic heterocycles. The normalized spacial score (nSPS) is 10.5. The molecular weight excluding hydrogens is 290 g/mol. The van der Waals surface area contributed by atoms with E-state index in [1.807, 2.05) is 60.7 Å². The van der Waals surface area contributed by atoms with Crippen molar-refractivity contribution in [3.8, 4) is 11.4 Å². The van der Waals surface area contributed by atoms with E-state index in [9.17, 15) is 4.79 Å². The van der Waals surface area contributed by atoms with E-state index in [1.54, 1.807) is 11.9 Å². The zero-order valence-electron chi connectivity index (χ0n) is 12.8. The number of nitrogens with zero attached hydrogens (tertiary/aromatic N) is 5. The molecule has 3 rings (SSSR count). The van der Waals surface area contributed by atoms with Crippen LogP contribution in [0, 0.1) is 0 Å². The minimum atomic E-state index is -0.0640. The first kappa shape index (κ1) is 14.9. The standard InChI is InChI=1S/C17H17N5O/c1-21(12-14-8-4-2-5-9-14)16(23)13-22-19-17(18-20-22)15-10-6-3-7-11-15/h2-11H,12-13H2,1H3. The van der Waals surface area contributed by atoms with Crippen molar-refractivity contribution in [2.75, 3.05) is 7.05 Å². The molecule has 0 fully saturated rings. The zero-order chi connectivity index (χ0) is 16.1. The number of likely N-dealkylation sites (N-methyl/N-ethyl adjacent to an activating group) is 1. The van der Waals surface area contributed by atoms with Gasteiger partial charge in [-0.2, -0.15) is 4.80 Å². The highest BCUT2D eigenvalue weighted by molar-refractivity contribution is 5.75. The van der Waals surface area contributed by atoms with Crippen LogP contribution >= 0.6 is 0 Å². The molecule has 23 heavy (non-hydrogen) atoms. The maximum atomic E-state index is 12.3. The Labute approximate surface area is 134 Å². The molecule has 6 nitrogen and oxygen atoms in total. The highest BCUT2D eigenvalue weighted by atomic mass is 16.2. The van der Waals surface area contributed by atoms with E-state index in [2.05, 4.69) is 15.4 Å². The summed E-state index contributed by atoms with van der Waals surface area (Å²) in [6.07, 6.45) is 0. The number of carbonyl (C=O) groups is 1. The fourth-order valence-electron chi connectivity index (χ4n) is 2.20. The Morgan fingerprint density at radius 2 is 1.70 bits per heavy atom. The average molecular weight is 307 g/mol. The molecule has 0 N–H and O–H groups in total. The number of hydrogen-bond donors (Lipinski definition) is 0. The molecule has 3 aromatic rings. The lowest BCUT2D eigenvalue weighted by Gasteiger charge is -2.16. The Bertz CT molecular complexity index is 770. The maximum absolute atomic E-state index is 12.3.